The Morgan fingerprint density at radius 1 is 1.12 bits per heavy atom. The van der Waals surface area contributed by atoms with Crippen molar-refractivity contribution < 1.29 is 27.4 Å². The van der Waals surface area contributed by atoms with Crippen molar-refractivity contribution in [2.24, 2.45) is 0 Å². The van der Waals surface area contributed by atoms with E-state index in [9.17, 15) is 18.0 Å². The number of hydrogen-bond donors (Lipinski definition) is 1. The molecule has 0 spiro atoms. The zero-order valence-electron chi connectivity index (χ0n) is 13.9. The Balaban J connectivity index is 1.81. The van der Waals surface area contributed by atoms with Gasteiger partial charge in [0.1, 0.15) is 11.5 Å². The van der Waals surface area contributed by atoms with Crippen molar-refractivity contribution in [2.75, 3.05) is 20.3 Å². The number of carbonyl (C=O) groups excluding carboxylic acids is 1. The van der Waals surface area contributed by atoms with Crippen LogP contribution in [0.2, 0.25) is 0 Å². The van der Waals surface area contributed by atoms with Gasteiger partial charge in [-0.3, -0.25) is 4.79 Å². The first-order valence-corrected chi connectivity index (χ1v) is 7.58. The van der Waals surface area contributed by atoms with Gasteiger partial charge in [0.2, 0.25) is 0 Å². The molecule has 0 bridgehead atoms. The van der Waals surface area contributed by atoms with Gasteiger partial charge in [0.25, 0.3) is 5.91 Å². The number of benzene rings is 2. The molecule has 0 saturated heterocycles. The summed E-state index contributed by atoms with van der Waals surface area (Å²) < 4.78 is 48.2. The normalized spacial score (nSPS) is 10.5. The largest absolute Gasteiger partial charge is 0.497 e. The molecule has 2 aromatic carbocycles. The first-order chi connectivity index (χ1) is 12.4. The van der Waals surface area contributed by atoms with Crippen molar-refractivity contribution >= 4 is 5.91 Å². The van der Waals surface area contributed by atoms with Gasteiger partial charge in [-0.1, -0.05) is 24.0 Å². The van der Waals surface area contributed by atoms with Gasteiger partial charge in [0.05, 0.1) is 19.2 Å². The zero-order chi connectivity index (χ0) is 19.0. The predicted molar refractivity (Wildman–Crippen MR) is 89.8 cm³/mol. The number of halogens is 3. The van der Waals surface area contributed by atoms with Gasteiger partial charge in [-0.05, 0) is 30.3 Å². The van der Waals surface area contributed by atoms with Crippen LogP contribution in [0, 0.1) is 11.8 Å². The minimum absolute atomic E-state index is 0.00342. The summed E-state index contributed by atoms with van der Waals surface area (Å²) in [5.41, 5.74) is -0.540. The van der Waals surface area contributed by atoms with E-state index in [1.807, 2.05) is 0 Å². The molecule has 2 rings (SSSR count). The summed E-state index contributed by atoms with van der Waals surface area (Å²) >= 11 is 0. The Morgan fingerprint density at radius 2 is 1.85 bits per heavy atom. The van der Waals surface area contributed by atoms with Gasteiger partial charge in [-0.15, -0.1) is 0 Å². The fourth-order valence-corrected chi connectivity index (χ4v) is 1.95. The van der Waals surface area contributed by atoms with Crippen LogP contribution in [-0.4, -0.2) is 26.2 Å². The van der Waals surface area contributed by atoms with Gasteiger partial charge in [0, 0.05) is 11.6 Å². The summed E-state index contributed by atoms with van der Waals surface area (Å²) in [5.74, 6) is 5.87. The van der Waals surface area contributed by atoms with Crippen LogP contribution >= 0.6 is 0 Å². The molecule has 0 aliphatic rings. The Kier molecular flexibility index (Phi) is 6.50. The summed E-state index contributed by atoms with van der Waals surface area (Å²) in [6.07, 6.45) is -4.41. The lowest BCUT2D eigenvalue weighted by molar-refractivity contribution is -0.137. The first kappa shape index (κ1) is 19.2. The minimum atomic E-state index is -4.41. The minimum Gasteiger partial charge on any atom is -0.497 e. The molecule has 2 aromatic rings. The molecule has 0 fully saturated rings. The van der Waals surface area contributed by atoms with Gasteiger partial charge in [0.15, 0.2) is 6.61 Å². The third-order valence-electron chi connectivity index (χ3n) is 3.21. The number of amides is 1. The number of carbonyl (C=O) groups is 1. The highest BCUT2D eigenvalue weighted by Gasteiger charge is 2.30. The number of methoxy groups -OCH3 is 1. The molecule has 0 radical (unpaired) electrons. The maximum Gasteiger partial charge on any atom is 0.416 e. The van der Waals surface area contributed by atoms with E-state index in [2.05, 4.69) is 17.2 Å². The molecule has 7 heteroatoms. The second kappa shape index (κ2) is 8.81. The fourth-order valence-electron chi connectivity index (χ4n) is 1.95. The Hall–Kier alpha value is -3.14. The average Bonchev–Trinajstić information content (AvgIpc) is 2.63. The maximum absolute atomic E-state index is 12.6. The van der Waals surface area contributed by atoms with Crippen LogP contribution in [0.15, 0.2) is 48.5 Å². The number of rotatable bonds is 5. The maximum atomic E-state index is 12.6. The van der Waals surface area contributed by atoms with E-state index in [1.54, 1.807) is 24.3 Å². The van der Waals surface area contributed by atoms with Crippen LogP contribution in [0.5, 0.6) is 11.5 Å². The number of hydrogen-bond acceptors (Lipinski definition) is 3. The quantitative estimate of drug-likeness (QED) is 0.830. The molecular weight excluding hydrogens is 347 g/mol. The van der Waals surface area contributed by atoms with E-state index in [4.69, 9.17) is 9.47 Å². The molecule has 1 N–H and O–H groups in total. The third-order valence-corrected chi connectivity index (χ3v) is 3.21. The van der Waals surface area contributed by atoms with E-state index < -0.39 is 17.6 Å². The van der Waals surface area contributed by atoms with Crippen molar-refractivity contribution in [2.45, 2.75) is 6.18 Å². The van der Waals surface area contributed by atoms with E-state index in [0.29, 0.717) is 11.5 Å². The summed E-state index contributed by atoms with van der Waals surface area (Å²) in [4.78, 5) is 11.7. The SMILES string of the molecule is COc1cccc(OCC(=O)NCC#Cc2cccc(C(F)(F)F)c2)c1. The van der Waals surface area contributed by atoms with Crippen LogP contribution in [0.1, 0.15) is 11.1 Å². The van der Waals surface area contributed by atoms with Crippen molar-refractivity contribution in [3.8, 4) is 23.3 Å². The Bertz CT molecular complexity index is 823. The Labute approximate surface area is 148 Å². The average molecular weight is 363 g/mol. The Morgan fingerprint density at radius 3 is 2.58 bits per heavy atom. The topological polar surface area (TPSA) is 47.6 Å². The molecule has 0 unspecified atom stereocenters. The summed E-state index contributed by atoms with van der Waals surface area (Å²) in [5, 5.41) is 2.51. The molecule has 0 atom stereocenters. The molecule has 26 heavy (non-hydrogen) atoms. The fraction of sp³-hybridized carbons (Fsp3) is 0.211. The molecule has 0 saturated carbocycles. The number of ether oxygens (including phenoxy) is 2. The van der Waals surface area contributed by atoms with Crippen molar-refractivity contribution in [3.63, 3.8) is 0 Å². The third kappa shape index (κ3) is 6.06. The molecule has 0 aliphatic heterocycles. The zero-order valence-corrected chi connectivity index (χ0v) is 13.9. The smallest absolute Gasteiger partial charge is 0.416 e. The predicted octanol–water partition coefficient (Wildman–Crippen LogP) is 3.26. The molecule has 136 valence electrons. The number of nitrogens with one attached hydrogen (secondary N) is 1. The standard InChI is InChI=1S/C19H16F3NO3/c1-25-16-8-3-9-17(12-16)26-13-18(24)23-10-4-6-14-5-2-7-15(11-14)19(20,21)22/h2-3,5,7-9,11-12H,10,13H2,1H3,(H,23,24). The van der Waals surface area contributed by atoms with Gasteiger partial charge in [-0.2, -0.15) is 13.2 Å². The summed E-state index contributed by atoms with van der Waals surface area (Å²) in [6.45, 7) is -0.213. The van der Waals surface area contributed by atoms with E-state index in [-0.39, 0.29) is 18.7 Å². The molecule has 4 nitrogen and oxygen atoms in total. The second-order valence-corrected chi connectivity index (χ2v) is 5.12. The molecular formula is C19H16F3NO3. The van der Waals surface area contributed by atoms with Crippen LogP contribution in [0.25, 0.3) is 0 Å². The van der Waals surface area contributed by atoms with Crippen LogP contribution in [0.4, 0.5) is 13.2 Å². The molecule has 0 aliphatic carbocycles. The van der Waals surface area contributed by atoms with Crippen molar-refractivity contribution in [1.82, 2.24) is 5.32 Å². The lowest BCUT2D eigenvalue weighted by atomic mass is 10.1. The molecule has 0 aromatic heterocycles. The summed E-state index contributed by atoms with van der Waals surface area (Å²) in [6, 6.07) is 11.5. The van der Waals surface area contributed by atoms with Gasteiger partial charge >= 0.3 is 6.18 Å². The van der Waals surface area contributed by atoms with E-state index in [1.165, 1.54) is 19.2 Å². The number of alkyl halides is 3. The monoisotopic (exact) mass is 363 g/mol. The van der Waals surface area contributed by atoms with E-state index >= 15 is 0 Å². The van der Waals surface area contributed by atoms with Crippen LogP contribution in [0.3, 0.4) is 0 Å². The second-order valence-electron chi connectivity index (χ2n) is 5.12. The lowest BCUT2D eigenvalue weighted by Crippen LogP contribution is -2.29. The first-order valence-electron chi connectivity index (χ1n) is 7.58. The van der Waals surface area contributed by atoms with Crippen LogP contribution in [-0.2, 0) is 11.0 Å². The van der Waals surface area contributed by atoms with E-state index in [0.717, 1.165) is 12.1 Å². The van der Waals surface area contributed by atoms with Gasteiger partial charge in [-0.25, -0.2) is 0 Å². The highest BCUT2D eigenvalue weighted by atomic mass is 19.4. The van der Waals surface area contributed by atoms with Crippen LogP contribution < -0.4 is 14.8 Å². The van der Waals surface area contributed by atoms with Crippen molar-refractivity contribution in [1.29, 1.82) is 0 Å². The molecule has 1 amide bonds. The lowest BCUT2D eigenvalue weighted by Gasteiger charge is -2.07. The van der Waals surface area contributed by atoms with Crippen molar-refractivity contribution in [3.05, 3.63) is 59.7 Å². The van der Waals surface area contributed by atoms with Gasteiger partial charge < -0.3 is 14.8 Å². The molecule has 0 heterocycles. The highest BCUT2D eigenvalue weighted by Crippen LogP contribution is 2.29. The highest BCUT2D eigenvalue weighted by molar-refractivity contribution is 5.77. The summed E-state index contributed by atoms with van der Waals surface area (Å²) in [7, 11) is 1.52.